The van der Waals surface area contributed by atoms with Gasteiger partial charge in [-0.25, -0.2) is 9.78 Å². The van der Waals surface area contributed by atoms with Crippen LogP contribution in [-0.4, -0.2) is 25.8 Å². The van der Waals surface area contributed by atoms with Crippen molar-refractivity contribution in [2.75, 3.05) is 10.6 Å². The Morgan fingerprint density at radius 2 is 1.96 bits per heavy atom. The lowest BCUT2D eigenvalue weighted by atomic mass is 10.2. The third kappa shape index (κ3) is 4.05. The number of hydrogen-bond donors (Lipinski definition) is 3. The summed E-state index contributed by atoms with van der Waals surface area (Å²) in [5.41, 5.74) is 3.48. The molecule has 0 aliphatic heterocycles. The number of carbonyl (C=O) groups is 1. The van der Waals surface area contributed by atoms with Crippen molar-refractivity contribution in [3.05, 3.63) is 63.2 Å². The van der Waals surface area contributed by atoms with Crippen LogP contribution < -0.4 is 16.2 Å². The summed E-state index contributed by atoms with van der Waals surface area (Å²) < 4.78 is 1.42. The van der Waals surface area contributed by atoms with Crippen LogP contribution in [0.25, 0.3) is 5.95 Å². The third-order valence-corrected chi connectivity index (χ3v) is 4.11. The molecular weight excluding hydrogens is 344 g/mol. The molecule has 140 valence electrons. The molecule has 0 fully saturated rings. The molecular formula is C19H22N6O2. The van der Waals surface area contributed by atoms with Crippen molar-refractivity contribution in [1.29, 1.82) is 0 Å². The molecule has 0 aliphatic carbocycles. The second kappa shape index (κ2) is 7.45. The molecule has 0 saturated heterocycles. The highest BCUT2D eigenvalue weighted by atomic mass is 16.2. The van der Waals surface area contributed by atoms with Crippen molar-refractivity contribution >= 4 is 17.5 Å². The van der Waals surface area contributed by atoms with Crippen molar-refractivity contribution in [2.45, 2.75) is 34.1 Å². The quantitative estimate of drug-likeness (QED) is 0.660. The van der Waals surface area contributed by atoms with Crippen LogP contribution in [0.4, 0.5) is 16.3 Å². The van der Waals surface area contributed by atoms with E-state index in [4.69, 9.17) is 0 Å². The molecule has 0 radical (unpaired) electrons. The summed E-state index contributed by atoms with van der Waals surface area (Å²) in [6, 6.07) is 8.79. The monoisotopic (exact) mass is 366 g/mol. The van der Waals surface area contributed by atoms with Gasteiger partial charge in [-0.2, -0.15) is 9.78 Å². The van der Waals surface area contributed by atoms with Gasteiger partial charge in [0.25, 0.3) is 5.56 Å². The van der Waals surface area contributed by atoms with Gasteiger partial charge < -0.3 is 5.32 Å². The Morgan fingerprint density at radius 1 is 1.19 bits per heavy atom. The van der Waals surface area contributed by atoms with Crippen LogP contribution >= 0.6 is 0 Å². The average molecular weight is 366 g/mol. The maximum absolute atomic E-state index is 12.4. The summed E-state index contributed by atoms with van der Waals surface area (Å²) in [7, 11) is 0. The first-order valence-electron chi connectivity index (χ1n) is 8.69. The summed E-state index contributed by atoms with van der Waals surface area (Å²) in [5, 5.41) is 9.86. The molecule has 3 N–H and O–H groups in total. The van der Waals surface area contributed by atoms with E-state index in [1.54, 1.807) is 26.0 Å². The van der Waals surface area contributed by atoms with Crippen LogP contribution in [0, 0.1) is 20.8 Å². The van der Waals surface area contributed by atoms with Gasteiger partial charge in [0.15, 0.2) is 0 Å². The molecule has 2 amide bonds. The van der Waals surface area contributed by atoms with Crippen LogP contribution in [0.15, 0.2) is 35.1 Å². The fraction of sp³-hybridized carbons (Fsp3) is 0.263. The average Bonchev–Trinajstić information content (AvgIpc) is 2.94. The van der Waals surface area contributed by atoms with Gasteiger partial charge in [-0.3, -0.25) is 15.1 Å². The standard InChI is InChI=1S/C19H22N6O2/c1-5-15-13(4)20-18(23-17(15)26)25-16(10-12(3)24-25)22-19(27)21-14-8-6-7-11(2)9-14/h6-10H,5H2,1-4H3,(H,20,23,26)(H2,21,22,27). The Hall–Kier alpha value is -3.42. The fourth-order valence-electron chi connectivity index (χ4n) is 2.86. The van der Waals surface area contributed by atoms with Crippen LogP contribution in [0.1, 0.15) is 29.4 Å². The van der Waals surface area contributed by atoms with Crippen molar-refractivity contribution in [2.24, 2.45) is 0 Å². The minimum absolute atomic E-state index is 0.205. The van der Waals surface area contributed by atoms with Crippen molar-refractivity contribution in [1.82, 2.24) is 19.7 Å². The molecule has 0 bridgehead atoms. The first kappa shape index (κ1) is 18.4. The first-order chi connectivity index (χ1) is 12.9. The lowest BCUT2D eigenvalue weighted by Gasteiger charge is -2.11. The molecule has 0 aliphatic rings. The molecule has 3 aromatic rings. The number of amides is 2. The Labute approximate surface area is 156 Å². The van der Waals surface area contributed by atoms with Crippen LogP contribution in [-0.2, 0) is 6.42 Å². The third-order valence-electron chi connectivity index (χ3n) is 4.11. The van der Waals surface area contributed by atoms with Gasteiger partial charge in [-0.15, -0.1) is 0 Å². The molecule has 0 unspecified atom stereocenters. The van der Waals surface area contributed by atoms with Gasteiger partial charge in [0.05, 0.1) is 5.69 Å². The van der Waals surface area contributed by atoms with Gasteiger partial charge in [0, 0.05) is 23.0 Å². The Morgan fingerprint density at radius 3 is 2.63 bits per heavy atom. The summed E-state index contributed by atoms with van der Waals surface area (Å²) in [6.07, 6.45) is 0.594. The smallest absolute Gasteiger partial charge is 0.308 e. The fourth-order valence-corrected chi connectivity index (χ4v) is 2.86. The molecule has 2 heterocycles. The summed E-state index contributed by atoms with van der Waals surface area (Å²) in [5.74, 6) is 0.665. The second-order valence-electron chi connectivity index (χ2n) is 6.34. The van der Waals surface area contributed by atoms with E-state index in [1.165, 1.54) is 4.68 Å². The highest BCUT2D eigenvalue weighted by Gasteiger charge is 2.15. The van der Waals surface area contributed by atoms with E-state index in [2.05, 4.69) is 25.7 Å². The number of urea groups is 1. The number of benzene rings is 1. The van der Waals surface area contributed by atoms with Gasteiger partial charge in [-0.1, -0.05) is 19.1 Å². The minimum atomic E-state index is -0.411. The molecule has 3 rings (SSSR count). The highest BCUT2D eigenvalue weighted by Crippen LogP contribution is 2.16. The van der Waals surface area contributed by atoms with E-state index in [0.717, 1.165) is 5.56 Å². The molecule has 1 aromatic carbocycles. The molecule has 2 aromatic heterocycles. The van der Waals surface area contributed by atoms with E-state index in [9.17, 15) is 9.59 Å². The molecule has 0 spiro atoms. The predicted octanol–water partition coefficient (Wildman–Crippen LogP) is 3.09. The lowest BCUT2D eigenvalue weighted by Crippen LogP contribution is -2.24. The maximum Gasteiger partial charge on any atom is 0.324 e. The summed E-state index contributed by atoms with van der Waals surface area (Å²) >= 11 is 0. The number of anilines is 2. The largest absolute Gasteiger partial charge is 0.324 e. The second-order valence-corrected chi connectivity index (χ2v) is 6.34. The van der Waals surface area contributed by atoms with E-state index in [1.807, 2.05) is 32.0 Å². The van der Waals surface area contributed by atoms with E-state index in [0.29, 0.717) is 34.9 Å². The molecule has 8 nitrogen and oxygen atoms in total. The number of nitrogens with zero attached hydrogens (tertiary/aromatic N) is 3. The number of aromatic amines is 1. The zero-order valence-corrected chi connectivity index (χ0v) is 15.8. The van der Waals surface area contributed by atoms with E-state index < -0.39 is 6.03 Å². The van der Waals surface area contributed by atoms with E-state index >= 15 is 0 Å². The van der Waals surface area contributed by atoms with Crippen LogP contribution in [0.2, 0.25) is 0 Å². The Bertz CT molecular complexity index is 1050. The first-order valence-corrected chi connectivity index (χ1v) is 8.69. The van der Waals surface area contributed by atoms with Crippen molar-refractivity contribution in [3.63, 3.8) is 0 Å². The van der Waals surface area contributed by atoms with Gasteiger partial charge >= 0.3 is 6.03 Å². The number of aryl methyl sites for hydroxylation is 3. The van der Waals surface area contributed by atoms with Gasteiger partial charge in [-0.05, 0) is 44.9 Å². The predicted molar refractivity (Wildman–Crippen MR) is 105 cm³/mol. The number of H-pyrrole nitrogens is 1. The SMILES string of the molecule is CCc1c(C)nc(-n2nc(C)cc2NC(=O)Nc2cccc(C)c2)[nH]c1=O. The number of rotatable bonds is 4. The minimum Gasteiger partial charge on any atom is -0.308 e. The number of carbonyl (C=O) groups excluding carboxylic acids is 1. The number of hydrogen-bond acceptors (Lipinski definition) is 4. The lowest BCUT2D eigenvalue weighted by molar-refractivity contribution is 0.262. The molecule has 27 heavy (non-hydrogen) atoms. The Balaban J connectivity index is 1.88. The van der Waals surface area contributed by atoms with Crippen LogP contribution in [0.5, 0.6) is 0 Å². The van der Waals surface area contributed by atoms with E-state index in [-0.39, 0.29) is 11.5 Å². The summed E-state index contributed by atoms with van der Waals surface area (Å²) in [4.78, 5) is 31.8. The normalized spacial score (nSPS) is 10.7. The number of aromatic nitrogens is 4. The van der Waals surface area contributed by atoms with Gasteiger partial charge in [0.1, 0.15) is 5.82 Å². The van der Waals surface area contributed by atoms with Crippen LogP contribution in [0.3, 0.4) is 0 Å². The number of nitrogens with one attached hydrogen (secondary N) is 3. The molecule has 8 heteroatoms. The van der Waals surface area contributed by atoms with Gasteiger partial charge in [0.2, 0.25) is 5.95 Å². The highest BCUT2D eigenvalue weighted by molar-refractivity contribution is 5.99. The zero-order chi connectivity index (χ0) is 19.6. The molecule has 0 saturated carbocycles. The Kier molecular flexibility index (Phi) is 5.07. The maximum atomic E-state index is 12.4. The summed E-state index contributed by atoms with van der Waals surface area (Å²) in [6.45, 7) is 7.43. The molecule has 0 atom stereocenters. The van der Waals surface area contributed by atoms with Crippen molar-refractivity contribution in [3.8, 4) is 5.95 Å². The topological polar surface area (TPSA) is 105 Å². The van der Waals surface area contributed by atoms with Crippen molar-refractivity contribution < 1.29 is 4.79 Å². The zero-order valence-electron chi connectivity index (χ0n) is 15.8.